The highest BCUT2D eigenvalue weighted by molar-refractivity contribution is 6.04. The molecule has 11 heteroatoms. The van der Waals surface area contributed by atoms with Gasteiger partial charge in [-0.2, -0.15) is 0 Å². The average Bonchev–Trinajstić information content (AvgIpc) is 3.51. The van der Waals surface area contributed by atoms with Crippen LogP contribution in [0.25, 0.3) is 0 Å². The number of rotatable bonds is 19. The van der Waals surface area contributed by atoms with Gasteiger partial charge in [0.2, 0.25) is 5.91 Å². The minimum absolute atomic E-state index is 0.0301. The quantitative estimate of drug-likeness (QED) is 0.109. The summed E-state index contributed by atoms with van der Waals surface area (Å²) in [6.45, 7) is 1.51. The van der Waals surface area contributed by atoms with E-state index in [1.54, 1.807) is 60.7 Å². The van der Waals surface area contributed by atoms with Gasteiger partial charge in [-0.1, -0.05) is 91.0 Å². The van der Waals surface area contributed by atoms with E-state index in [-0.39, 0.29) is 45.1 Å². The van der Waals surface area contributed by atoms with Crippen LogP contribution in [0.1, 0.15) is 42.5 Å². The number of ketones is 2. The molecule has 4 atom stereocenters. The van der Waals surface area contributed by atoms with Gasteiger partial charge in [-0.15, -0.1) is 0 Å². The molecule has 0 radical (unpaired) electrons. The molecule has 4 rings (SSSR count). The zero-order chi connectivity index (χ0) is 35.0. The number of hydrogen-bond acceptors (Lipinski definition) is 10. The summed E-state index contributed by atoms with van der Waals surface area (Å²) in [7, 11) is 0. The molecule has 1 fully saturated rings. The first-order valence-electron chi connectivity index (χ1n) is 16.1. The Morgan fingerprint density at radius 1 is 0.918 bits per heavy atom. The van der Waals surface area contributed by atoms with Crippen LogP contribution in [0.5, 0.6) is 0 Å². The smallest absolute Gasteiger partial charge is 0.417 e. The Balaban J connectivity index is 1.39. The normalized spacial score (nSPS) is 16.2. The number of cyclic esters (lactones) is 1. The van der Waals surface area contributed by atoms with E-state index in [9.17, 15) is 29.1 Å². The Morgan fingerprint density at radius 2 is 1.55 bits per heavy atom. The van der Waals surface area contributed by atoms with Crippen LogP contribution in [0.2, 0.25) is 0 Å². The third-order valence-electron chi connectivity index (χ3n) is 7.83. The molecule has 0 unspecified atom stereocenters. The summed E-state index contributed by atoms with van der Waals surface area (Å²) in [6.07, 6.45) is -0.560. The molecule has 2 amide bonds. The van der Waals surface area contributed by atoms with Gasteiger partial charge in [0.1, 0.15) is 18.8 Å². The molecule has 1 aliphatic heterocycles. The second kappa shape index (κ2) is 19.1. The zero-order valence-electron chi connectivity index (χ0n) is 27.3. The van der Waals surface area contributed by atoms with E-state index < -0.39 is 47.9 Å². The molecule has 0 aliphatic carbocycles. The number of benzene rings is 3. The maximum atomic E-state index is 14.1. The molecular weight excluding hydrogens is 630 g/mol. The summed E-state index contributed by atoms with van der Waals surface area (Å²) >= 11 is 0. The van der Waals surface area contributed by atoms with Crippen molar-refractivity contribution in [3.8, 4) is 0 Å². The number of aliphatic hydroxyl groups is 1. The predicted octanol–water partition coefficient (Wildman–Crippen LogP) is 4.57. The van der Waals surface area contributed by atoms with Gasteiger partial charge in [0.15, 0.2) is 17.7 Å². The van der Waals surface area contributed by atoms with Crippen molar-refractivity contribution >= 4 is 29.5 Å². The minimum Gasteiger partial charge on any atom is -0.453 e. The minimum atomic E-state index is -1.62. The molecule has 0 spiro atoms. The number of carbonyl (C=O) groups is 5. The van der Waals surface area contributed by atoms with Crippen molar-refractivity contribution in [1.29, 1.82) is 0 Å². The van der Waals surface area contributed by atoms with Crippen molar-refractivity contribution in [2.45, 2.75) is 51.0 Å². The molecule has 0 bridgehead atoms. The Hall–Kier alpha value is -4.97. The van der Waals surface area contributed by atoms with Crippen LogP contribution in [0.15, 0.2) is 103 Å². The monoisotopic (exact) mass is 671 g/mol. The molecule has 258 valence electrons. The van der Waals surface area contributed by atoms with Crippen molar-refractivity contribution in [1.82, 2.24) is 4.90 Å². The molecule has 1 aliphatic rings. The topological polar surface area (TPSA) is 146 Å². The molecule has 1 heterocycles. The van der Waals surface area contributed by atoms with Crippen LogP contribution < -0.4 is 0 Å². The molecular formula is C38H41NO10. The standard InChI is InChI=1S/C38H41NO10/c1-27(41)49-36(35(43)20-19-31(42)18-11-21-46-25-32(23-40)47-24-29-14-7-3-8-15-29)33(22-28-12-5-2-6-13-28)37(44)39-34(26-48-38(39)45)30-16-9-4-10-17-30/h2-10,12-17,19-20,32-34,36,40H,11,18,21-26H2,1H3/t32-,33-,34-,36+/m1/s1. The molecule has 49 heavy (non-hydrogen) atoms. The number of carbonyl (C=O) groups excluding carboxylic acids is 5. The first-order chi connectivity index (χ1) is 23.8. The summed E-state index contributed by atoms with van der Waals surface area (Å²) in [6, 6.07) is 26.5. The fourth-order valence-corrected chi connectivity index (χ4v) is 5.33. The number of ether oxygens (including phenoxy) is 4. The lowest BCUT2D eigenvalue weighted by atomic mass is 9.89. The van der Waals surface area contributed by atoms with Gasteiger partial charge in [0, 0.05) is 20.0 Å². The fraction of sp³-hybridized carbons (Fsp3) is 0.342. The van der Waals surface area contributed by atoms with Crippen LogP contribution in [0.4, 0.5) is 4.79 Å². The number of hydrogen-bond donors (Lipinski definition) is 1. The van der Waals surface area contributed by atoms with E-state index in [0.717, 1.165) is 29.5 Å². The van der Waals surface area contributed by atoms with Gasteiger partial charge in [-0.25, -0.2) is 9.69 Å². The zero-order valence-corrected chi connectivity index (χ0v) is 27.3. The van der Waals surface area contributed by atoms with Crippen LogP contribution in [0.3, 0.4) is 0 Å². The summed E-state index contributed by atoms with van der Waals surface area (Å²) in [4.78, 5) is 66.4. The Bertz CT molecular complexity index is 1560. The molecule has 0 saturated carbocycles. The Labute approximate surface area is 285 Å². The number of allylic oxidation sites excluding steroid dienone is 1. The second-order valence-corrected chi connectivity index (χ2v) is 11.5. The number of aliphatic hydroxyl groups excluding tert-OH is 1. The lowest BCUT2D eigenvalue weighted by Gasteiger charge is -2.29. The third-order valence-corrected chi connectivity index (χ3v) is 7.83. The van der Waals surface area contributed by atoms with E-state index >= 15 is 0 Å². The van der Waals surface area contributed by atoms with Gasteiger partial charge in [-0.05, 0) is 41.7 Å². The van der Waals surface area contributed by atoms with Crippen molar-refractivity contribution in [3.63, 3.8) is 0 Å². The van der Waals surface area contributed by atoms with Crippen molar-refractivity contribution in [2.75, 3.05) is 26.4 Å². The van der Waals surface area contributed by atoms with Gasteiger partial charge >= 0.3 is 12.1 Å². The fourth-order valence-electron chi connectivity index (χ4n) is 5.33. The van der Waals surface area contributed by atoms with Crippen molar-refractivity contribution in [3.05, 3.63) is 120 Å². The predicted molar refractivity (Wildman–Crippen MR) is 178 cm³/mol. The van der Waals surface area contributed by atoms with Gasteiger partial charge < -0.3 is 24.1 Å². The highest BCUT2D eigenvalue weighted by Gasteiger charge is 2.46. The first-order valence-corrected chi connectivity index (χ1v) is 16.1. The lowest BCUT2D eigenvalue weighted by Crippen LogP contribution is -2.47. The highest BCUT2D eigenvalue weighted by atomic mass is 16.6. The second-order valence-electron chi connectivity index (χ2n) is 11.5. The first kappa shape index (κ1) is 36.9. The SMILES string of the molecule is CC(=O)O[C@H](C(=O)C=CC(=O)CCCOC[C@@H](CO)OCc1ccccc1)[C@@H](Cc1ccccc1)C(=O)N1C(=O)OC[C@@H]1c1ccccc1. The average molecular weight is 672 g/mol. The van der Waals surface area contributed by atoms with E-state index in [1.807, 2.05) is 30.3 Å². The molecule has 0 aromatic heterocycles. The number of imide groups is 1. The van der Waals surface area contributed by atoms with Gasteiger partial charge in [0.25, 0.3) is 0 Å². The largest absolute Gasteiger partial charge is 0.453 e. The van der Waals surface area contributed by atoms with E-state index in [1.165, 1.54) is 0 Å². The van der Waals surface area contributed by atoms with Crippen LogP contribution >= 0.6 is 0 Å². The Kier molecular flexibility index (Phi) is 14.4. The third kappa shape index (κ3) is 11.3. The van der Waals surface area contributed by atoms with Crippen LogP contribution in [-0.4, -0.2) is 78.2 Å². The van der Waals surface area contributed by atoms with Gasteiger partial charge in [0.05, 0.1) is 25.7 Å². The maximum Gasteiger partial charge on any atom is 0.417 e. The van der Waals surface area contributed by atoms with E-state index in [2.05, 4.69) is 0 Å². The summed E-state index contributed by atoms with van der Waals surface area (Å²) in [5.74, 6) is -4.01. The number of nitrogens with zero attached hydrogens (tertiary/aromatic N) is 1. The number of esters is 1. The summed E-state index contributed by atoms with van der Waals surface area (Å²) in [5, 5.41) is 9.59. The van der Waals surface area contributed by atoms with Crippen molar-refractivity contribution < 1.29 is 48.0 Å². The van der Waals surface area contributed by atoms with Crippen LogP contribution in [-0.2, 0) is 51.2 Å². The molecule has 3 aromatic rings. The Morgan fingerprint density at radius 3 is 2.18 bits per heavy atom. The highest BCUT2D eigenvalue weighted by Crippen LogP contribution is 2.31. The maximum absolute atomic E-state index is 14.1. The lowest BCUT2D eigenvalue weighted by molar-refractivity contribution is -0.158. The molecule has 3 aromatic carbocycles. The van der Waals surface area contributed by atoms with Crippen LogP contribution in [0, 0.1) is 5.92 Å². The summed E-state index contributed by atoms with van der Waals surface area (Å²) in [5.41, 5.74) is 2.30. The van der Waals surface area contributed by atoms with E-state index in [0.29, 0.717) is 24.2 Å². The molecule has 11 nitrogen and oxygen atoms in total. The van der Waals surface area contributed by atoms with Crippen molar-refractivity contribution in [2.24, 2.45) is 5.92 Å². The molecule has 1 N–H and O–H groups in total. The number of amides is 2. The van der Waals surface area contributed by atoms with Gasteiger partial charge in [-0.3, -0.25) is 19.2 Å². The summed E-state index contributed by atoms with van der Waals surface area (Å²) < 4.78 is 21.9. The van der Waals surface area contributed by atoms with E-state index in [4.69, 9.17) is 18.9 Å². The molecule has 1 saturated heterocycles.